The molecule has 0 radical (unpaired) electrons. The van der Waals surface area contributed by atoms with E-state index in [1.807, 2.05) is 30.3 Å². The van der Waals surface area contributed by atoms with Crippen LogP contribution in [0.25, 0.3) is 0 Å². The Morgan fingerprint density at radius 3 is 2.53 bits per heavy atom. The number of nitro benzene ring substituents is 1. The first kappa shape index (κ1) is 13.4. The van der Waals surface area contributed by atoms with E-state index in [9.17, 15) is 10.1 Å². The minimum Gasteiger partial charge on any atom is -0.489 e. The Morgan fingerprint density at radius 1 is 1.16 bits per heavy atom. The van der Waals surface area contributed by atoms with Crippen molar-refractivity contribution >= 4 is 17.3 Å². The van der Waals surface area contributed by atoms with Gasteiger partial charge in [0.15, 0.2) is 0 Å². The van der Waals surface area contributed by atoms with Gasteiger partial charge in [0.1, 0.15) is 12.4 Å². The van der Waals surface area contributed by atoms with Crippen LogP contribution in [-0.2, 0) is 12.5 Å². The van der Waals surface area contributed by atoms with E-state index in [0.717, 1.165) is 5.56 Å². The molecule has 0 aliphatic heterocycles. The van der Waals surface area contributed by atoms with Gasteiger partial charge in [-0.1, -0.05) is 30.3 Å². The van der Waals surface area contributed by atoms with Crippen LogP contribution in [0.2, 0.25) is 0 Å². The lowest BCUT2D eigenvalue weighted by atomic mass is 10.2. The molecule has 2 aromatic carbocycles. The molecule has 0 saturated carbocycles. The molecule has 0 fully saturated rings. The van der Waals surface area contributed by atoms with Crippen molar-refractivity contribution in [2.75, 3.05) is 0 Å². The lowest BCUT2D eigenvalue weighted by Gasteiger charge is -2.09. The van der Waals surface area contributed by atoms with Crippen LogP contribution in [0.1, 0.15) is 11.1 Å². The van der Waals surface area contributed by atoms with Crippen molar-refractivity contribution in [3.05, 3.63) is 69.8 Å². The van der Waals surface area contributed by atoms with Gasteiger partial charge >= 0.3 is 0 Å². The third-order valence-corrected chi connectivity index (χ3v) is 2.92. The van der Waals surface area contributed by atoms with Crippen molar-refractivity contribution in [2.45, 2.75) is 12.5 Å². The molecular formula is C14H12ClNO3. The molecule has 0 amide bonds. The van der Waals surface area contributed by atoms with Crippen molar-refractivity contribution in [3.8, 4) is 5.75 Å². The Morgan fingerprint density at radius 2 is 1.89 bits per heavy atom. The maximum Gasteiger partial charge on any atom is 0.270 e. The lowest BCUT2D eigenvalue weighted by Crippen LogP contribution is -1.98. The van der Waals surface area contributed by atoms with E-state index in [-0.39, 0.29) is 11.6 Å². The molecule has 0 aliphatic rings. The second kappa shape index (κ2) is 6.20. The first-order valence-corrected chi connectivity index (χ1v) is 6.24. The van der Waals surface area contributed by atoms with Crippen molar-refractivity contribution in [3.63, 3.8) is 0 Å². The highest BCUT2D eigenvalue weighted by atomic mass is 35.5. The van der Waals surface area contributed by atoms with Crippen LogP contribution >= 0.6 is 11.6 Å². The van der Waals surface area contributed by atoms with Gasteiger partial charge in [-0.2, -0.15) is 0 Å². The summed E-state index contributed by atoms with van der Waals surface area (Å²) in [6.07, 6.45) is 0. The Balaban J connectivity index is 2.14. The predicted molar refractivity (Wildman–Crippen MR) is 73.4 cm³/mol. The van der Waals surface area contributed by atoms with Crippen LogP contribution < -0.4 is 4.74 Å². The molecule has 4 nitrogen and oxygen atoms in total. The minimum atomic E-state index is -0.447. The second-order valence-corrected chi connectivity index (χ2v) is 4.22. The Kier molecular flexibility index (Phi) is 4.36. The lowest BCUT2D eigenvalue weighted by molar-refractivity contribution is -0.384. The maximum absolute atomic E-state index is 10.7. The van der Waals surface area contributed by atoms with Gasteiger partial charge in [0.25, 0.3) is 5.69 Å². The highest BCUT2D eigenvalue weighted by Crippen LogP contribution is 2.26. The van der Waals surface area contributed by atoms with Gasteiger partial charge in [0.05, 0.1) is 10.8 Å². The van der Waals surface area contributed by atoms with E-state index in [4.69, 9.17) is 16.3 Å². The van der Waals surface area contributed by atoms with Crippen LogP contribution in [0.3, 0.4) is 0 Å². The minimum absolute atomic E-state index is 0.0164. The molecule has 0 spiro atoms. The summed E-state index contributed by atoms with van der Waals surface area (Å²) in [5, 5.41) is 10.7. The summed E-state index contributed by atoms with van der Waals surface area (Å²) in [6.45, 7) is 0.405. The van der Waals surface area contributed by atoms with Crippen molar-refractivity contribution in [2.24, 2.45) is 0 Å². The zero-order valence-corrected chi connectivity index (χ0v) is 10.8. The molecule has 2 rings (SSSR count). The quantitative estimate of drug-likeness (QED) is 0.473. The number of halogens is 1. The van der Waals surface area contributed by atoms with E-state index < -0.39 is 4.92 Å². The van der Waals surface area contributed by atoms with E-state index >= 15 is 0 Å². The fraction of sp³-hybridized carbons (Fsp3) is 0.143. The fourth-order valence-corrected chi connectivity index (χ4v) is 1.87. The normalized spacial score (nSPS) is 10.2. The zero-order valence-electron chi connectivity index (χ0n) is 10.1. The number of rotatable bonds is 5. The van der Waals surface area contributed by atoms with Crippen LogP contribution in [0.15, 0.2) is 48.5 Å². The summed E-state index contributed by atoms with van der Waals surface area (Å²) >= 11 is 5.79. The first-order valence-electron chi connectivity index (χ1n) is 5.70. The van der Waals surface area contributed by atoms with Gasteiger partial charge in [-0.25, -0.2) is 0 Å². The van der Waals surface area contributed by atoms with Gasteiger partial charge in [-0.05, 0) is 11.6 Å². The summed E-state index contributed by atoms with van der Waals surface area (Å²) < 4.78 is 5.64. The molecular weight excluding hydrogens is 266 g/mol. The fourth-order valence-electron chi connectivity index (χ4n) is 1.66. The maximum atomic E-state index is 10.7. The molecule has 0 aromatic heterocycles. The molecule has 0 atom stereocenters. The number of alkyl halides is 1. The van der Waals surface area contributed by atoms with Crippen molar-refractivity contribution in [1.29, 1.82) is 0 Å². The third-order valence-electron chi connectivity index (χ3n) is 2.64. The summed E-state index contributed by atoms with van der Waals surface area (Å²) in [5.74, 6) is 0.746. The third kappa shape index (κ3) is 3.45. The van der Waals surface area contributed by atoms with Crippen LogP contribution in [0.5, 0.6) is 5.75 Å². The standard InChI is InChI=1S/C14H12ClNO3/c15-9-12-8-13(16(17)18)6-7-14(12)19-10-11-4-2-1-3-5-11/h1-8H,9-10H2. The zero-order chi connectivity index (χ0) is 13.7. The number of hydrogen-bond acceptors (Lipinski definition) is 3. The van der Waals surface area contributed by atoms with E-state index in [1.165, 1.54) is 12.1 Å². The average Bonchev–Trinajstić information content (AvgIpc) is 2.45. The largest absolute Gasteiger partial charge is 0.489 e. The monoisotopic (exact) mass is 277 g/mol. The van der Waals surface area contributed by atoms with Gasteiger partial charge in [-0.15, -0.1) is 11.6 Å². The molecule has 0 aliphatic carbocycles. The predicted octanol–water partition coefficient (Wildman–Crippen LogP) is 3.91. The second-order valence-electron chi connectivity index (χ2n) is 3.96. The van der Waals surface area contributed by atoms with Crippen molar-refractivity contribution in [1.82, 2.24) is 0 Å². The van der Waals surface area contributed by atoms with Gasteiger partial charge in [0, 0.05) is 17.7 Å². The van der Waals surface area contributed by atoms with Gasteiger partial charge in [0.2, 0.25) is 0 Å². The summed E-state index contributed by atoms with van der Waals surface area (Å²) in [5.41, 5.74) is 1.66. The van der Waals surface area contributed by atoms with E-state index in [0.29, 0.717) is 17.9 Å². The van der Waals surface area contributed by atoms with Crippen LogP contribution in [0.4, 0.5) is 5.69 Å². The molecule has 0 saturated heterocycles. The Labute approximate surface area is 115 Å². The van der Waals surface area contributed by atoms with Crippen LogP contribution in [-0.4, -0.2) is 4.92 Å². The number of benzene rings is 2. The number of ether oxygens (including phenoxy) is 1. The highest BCUT2D eigenvalue weighted by molar-refractivity contribution is 6.17. The Hall–Kier alpha value is -2.07. The number of non-ortho nitro benzene ring substituents is 1. The Bertz CT molecular complexity index is 572. The van der Waals surface area contributed by atoms with Crippen LogP contribution in [0, 0.1) is 10.1 Å². The van der Waals surface area contributed by atoms with E-state index in [1.54, 1.807) is 6.07 Å². The molecule has 0 bridgehead atoms. The number of nitrogens with zero attached hydrogens (tertiary/aromatic N) is 1. The SMILES string of the molecule is O=[N+]([O-])c1ccc(OCc2ccccc2)c(CCl)c1. The summed E-state index contributed by atoms with van der Waals surface area (Å²) in [6, 6.07) is 14.1. The topological polar surface area (TPSA) is 52.4 Å². The molecule has 2 aromatic rings. The first-order chi connectivity index (χ1) is 9.20. The number of nitro groups is 1. The molecule has 0 N–H and O–H groups in total. The van der Waals surface area contributed by atoms with Gasteiger partial charge < -0.3 is 4.74 Å². The van der Waals surface area contributed by atoms with E-state index in [2.05, 4.69) is 0 Å². The average molecular weight is 278 g/mol. The highest BCUT2D eigenvalue weighted by Gasteiger charge is 2.11. The molecule has 5 heteroatoms. The smallest absolute Gasteiger partial charge is 0.270 e. The van der Waals surface area contributed by atoms with Gasteiger partial charge in [-0.3, -0.25) is 10.1 Å². The van der Waals surface area contributed by atoms with Crippen molar-refractivity contribution < 1.29 is 9.66 Å². The molecule has 19 heavy (non-hydrogen) atoms. The molecule has 98 valence electrons. The summed E-state index contributed by atoms with van der Waals surface area (Å²) in [7, 11) is 0. The summed E-state index contributed by atoms with van der Waals surface area (Å²) in [4.78, 5) is 10.2. The molecule has 0 unspecified atom stereocenters. The number of hydrogen-bond donors (Lipinski definition) is 0. The molecule has 0 heterocycles.